The molecule has 0 unspecified atom stereocenters. The molecule has 3 aromatic carbocycles. The van der Waals surface area contributed by atoms with Gasteiger partial charge < -0.3 is 15.6 Å². The van der Waals surface area contributed by atoms with Crippen molar-refractivity contribution in [3.63, 3.8) is 0 Å². The number of nitrogen functional groups attached to an aromatic ring is 1. The fraction of sp³-hybridized carbons (Fsp3) is 0. The van der Waals surface area contributed by atoms with Gasteiger partial charge in [0.25, 0.3) is 11.8 Å². The van der Waals surface area contributed by atoms with Gasteiger partial charge in [-0.15, -0.1) is 0 Å². The molecule has 0 saturated carbocycles. The molecule has 1 aliphatic heterocycles. The first-order valence-electron chi connectivity index (χ1n) is 7.89. The van der Waals surface area contributed by atoms with Crippen LogP contribution in [-0.4, -0.2) is 16.9 Å². The molecule has 0 bridgehead atoms. The lowest BCUT2D eigenvalue weighted by molar-refractivity contribution is 0.0925. The van der Waals surface area contributed by atoms with Gasteiger partial charge in [-0.05, 0) is 42.5 Å². The molecule has 4 rings (SSSR count). The number of carbonyl (C=O) groups is 2. The number of phenolic OH excluding ortho intramolecular Hbond substituents is 1. The minimum atomic E-state index is -0.510. The summed E-state index contributed by atoms with van der Waals surface area (Å²) in [5.41, 5.74) is 6.92. The summed E-state index contributed by atoms with van der Waals surface area (Å²) in [7, 11) is 0. The van der Waals surface area contributed by atoms with E-state index in [1.165, 1.54) is 24.3 Å². The van der Waals surface area contributed by atoms with Crippen LogP contribution >= 0.6 is 0 Å². The number of nitrogens with zero attached hydrogens (tertiary/aromatic N) is 1. The minimum Gasteiger partial charge on any atom is -0.506 e. The first-order valence-corrected chi connectivity index (χ1v) is 7.89. The van der Waals surface area contributed by atoms with Crippen molar-refractivity contribution < 1.29 is 19.4 Å². The molecule has 3 N–H and O–H groups in total. The molecular weight excluding hydrogens is 332 g/mol. The van der Waals surface area contributed by atoms with E-state index in [0.717, 1.165) is 4.90 Å². The molecule has 0 spiro atoms. The lowest BCUT2D eigenvalue weighted by Crippen LogP contribution is -2.29. The fourth-order valence-corrected chi connectivity index (χ4v) is 2.87. The van der Waals surface area contributed by atoms with Crippen molar-refractivity contribution in [2.45, 2.75) is 0 Å². The van der Waals surface area contributed by atoms with Crippen molar-refractivity contribution in [2.75, 3.05) is 10.6 Å². The second-order valence-corrected chi connectivity index (χ2v) is 5.82. The average Bonchev–Trinajstić information content (AvgIpc) is 2.86. The molecule has 6 heteroatoms. The first kappa shape index (κ1) is 15.7. The number of anilines is 2. The van der Waals surface area contributed by atoms with E-state index in [2.05, 4.69) is 0 Å². The zero-order valence-corrected chi connectivity index (χ0v) is 13.5. The zero-order chi connectivity index (χ0) is 18.3. The largest absolute Gasteiger partial charge is 0.506 e. The number of ether oxygens (including phenoxy) is 1. The molecule has 0 radical (unpaired) electrons. The van der Waals surface area contributed by atoms with Crippen molar-refractivity contribution in [1.82, 2.24) is 0 Å². The molecule has 1 aliphatic rings. The van der Waals surface area contributed by atoms with Gasteiger partial charge in [-0.3, -0.25) is 9.59 Å². The van der Waals surface area contributed by atoms with Gasteiger partial charge in [0.2, 0.25) is 0 Å². The van der Waals surface area contributed by atoms with Crippen LogP contribution in [0.4, 0.5) is 11.4 Å². The molecule has 0 aliphatic carbocycles. The number of rotatable bonds is 3. The van der Waals surface area contributed by atoms with Crippen LogP contribution in [0.5, 0.6) is 17.2 Å². The molecule has 2 amide bonds. The van der Waals surface area contributed by atoms with Gasteiger partial charge >= 0.3 is 0 Å². The van der Waals surface area contributed by atoms with Gasteiger partial charge in [0.05, 0.1) is 16.8 Å². The van der Waals surface area contributed by atoms with E-state index in [0.29, 0.717) is 17.2 Å². The van der Waals surface area contributed by atoms with E-state index in [1.54, 1.807) is 42.5 Å². The Balaban J connectivity index is 1.69. The number of carbonyl (C=O) groups excluding carboxylic acids is 2. The maximum absolute atomic E-state index is 12.7. The van der Waals surface area contributed by atoms with Crippen LogP contribution in [0.2, 0.25) is 0 Å². The lowest BCUT2D eigenvalue weighted by Gasteiger charge is -2.14. The summed E-state index contributed by atoms with van der Waals surface area (Å²) in [6.07, 6.45) is 0. The van der Waals surface area contributed by atoms with Gasteiger partial charge in [0, 0.05) is 11.8 Å². The summed E-state index contributed by atoms with van der Waals surface area (Å²) in [6, 6.07) is 17.8. The summed E-state index contributed by atoms with van der Waals surface area (Å²) in [6.45, 7) is 0. The number of amides is 2. The molecule has 6 nitrogen and oxygen atoms in total. The van der Waals surface area contributed by atoms with Crippen molar-refractivity contribution >= 4 is 23.2 Å². The van der Waals surface area contributed by atoms with Crippen LogP contribution in [0, 0.1) is 0 Å². The van der Waals surface area contributed by atoms with E-state index in [-0.39, 0.29) is 22.6 Å². The highest BCUT2D eigenvalue weighted by molar-refractivity contribution is 6.34. The summed E-state index contributed by atoms with van der Waals surface area (Å²) in [5, 5.41) is 9.98. The third-order valence-electron chi connectivity index (χ3n) is 4.07. The van der Waals surface area contributed by atoms with Crippen molar-refractivity contribution in [2.24, 2.45) is 0 Å². The van der Waals surface area contributed by atoms with E-state index < -0.39 is 11.8 Å². The van der Waals surface area contributed by atoms with E-state index in [4.69, 9.17) is 10.5 Å². The molecule has 0 atom stereocenters. The van der Waals surface area contributed by atoms with E-state index in [9.17, 15) is 14.7 Å². The first-order chi connectivity index (χ1) is 12.5. The van der Waals surface area contributed by atoms with Crippen molar-refractivity contribution in [3.8, 4) is 17.2 Å². The quantitative estimate of drug-likeness (QED) is 0.559. The number of imide groups is 1. The standard InChI is InChI=1S/C20H14N2O4/c21-12-4-3-5-13(10-12)26-14-8-9-15-16(11-14)20(25)22(19(15)24)17-6-1-2-7-18(17)23/h1-11,23H,21H2. The summed E-state index contributed by atoms with van der Waals surface area (Å²) < 4.78 is 5.72. The highest BCUT2D eigenvalue weighted by Gasteiger charge is 2.38. The molecule has 0 fully saturated rings. The smallest absolute Gasteiger partial charge is 0.266 e. The monoisotopic (exact) mass is 346 g/mol. The predicted molar refractivity (Wildman–Crippen MR) is 96.6 cm³/mol. The van der Waals surface area contributed by atoms with Crippen LogP contribution in [0.3, 0.4) is 0 Å². The fourth-order valence-electron chi connectivity index (χ4n) is 2.87. The molecule has 1 heterocycles. The molecule has 0 aromatic heterocycles. The lowest BCUT2D eigenvalue weighted by atomic mass is 10.1. The number of fused-ring (bicyclic) bond motifs is 1. The Morgan fingerprint density at radius 3 is 2.31 bits per heavy atom. The van der Waals surface area contributed by atoms with Gasteiger partial charge in [-0.1, -0.05) is 18.2 Å². The Hall–Kier alpha value is -3.80. The van der Waals surface area contributed by atoms with Crippen LogP contribution in [0.1, 0.15) is 20.7 Å². The van der Waals surface area contributed by atoms with Gasteiger partial charge in [0.1, 0.15) is 17.2 Å². The number of aromatic hydroxyl groups is 1. The Labute approximate surface area is 149 Å². The number of para-hydroxylation sites is 2. The molecule has 26 heavy (non-hydrogen) atoms. The van der Waals surface area contributed by atoms with Gasteiger partial charge in [-0.25, -0.2) is 4.90 Å². The highest BCUT2D eigenvalue weighted by Crippen LogP contribution is 2.36. The van der Waals surface area contributed by atoms with Crippen molar-refractivity contribution in [1.29, 1.82) is 0 Å². The van der Waals surface area contributed by atoms with E-state index >= 15 is 0 Å². The number of benzene rings is 3. The summed E-state index contributed by atoms with van der Waals surface area (Å²) in [4.78, 5) is 26.3. The molecular formula is C20H14N2O4. The van der Waals surface area contributed by atoms with Crippen LogP contribution in [0.15, 0.2) is 66.7 Å². The van der Waals surface area contributed by atoms with Crippen LogP contribution < -0.4 is 15.4 Å². The Morgan fingerprint density at radius 1 is 0.808 bits per heavy atom. The summed E-state index contributed by atoms with van der Waals surface area (Å²) >= 11 is 0. The molecule has 0 saturated heterocycles. The topological polar surface area (TPSA) is 92.9 Å². The summed E-state index contributed by atoms with van der Waals surface area (Å²) in [5.74, 6) is -0.196. The average molecular weight is 346 g/mol. The van der Waals surface area contributed by atoms with Gasteiger partial charge in [0.15, 0.2) is 0 Å². The highest BCUT2D eigenvalue weighted by atomic mass is 16.5. The number of phenols is 1. The SMILES string of the molecule is Nc1cccc(Oc2ccc3c(c2)C(=O)N(c2ccccc2O)C3=O)c1. The van der Waals surface area contributed by atoms with Gasteiger partial charge in [-0.2, -0.15) is 0 Å². The normalized spacial score (nSPS) is 13.0. The minimum absolute atomic E-state index is 0.141. The number of nitrogens with two attached hydrogens (primary N) is 1. The van der Waals surface area contributed by atoms with E-state index in [1.807, 2.05) is 0 Å². The Bertz CT molecular complexity index is 1050. The second-order valence-electron chi connectivity index (χ2n) is 5.82. The third kappa shape index (κ3) is 2.53. The maximum atomic E-state index is 12.7. The predicted octanol–water partition coefficient (Wildman–Crippen LogP) is 3.57. The third-order valence-corrected chi connectivity index (χ3v) is 4.07. The maximum Gasteiger partial charge on any atom is 0.266 e. The van der Waals surface area contributed by atoms with Crippen LogP contribution in [-0.2, 0) is 0 Å². The number of hydrogen-bond donors (Lipinski definition) is 2. The Kier molecular flexibility index (Phi) is 3.58. The molecule has 128 valence electrons. The van der Waals surface area contributed by atoms with Crippen molar-refractivity contribution in [3.05, 3.63) is 77.9 Å². The zero-order valence-electron chi connectivity index (χ0n) is 13.5. The Morgan fingerprint density at radius 2 is 1.54 bits per heavy atom. The molecule has 3 aromatic rings. The number of hydrogen-bond acceptors (Lipinski definition) is 5. The van der Waals surface area contributed by atoms with Crippen LogP contribution in [0.25, 0.3) is 0 Å². The second kappa shape index (κ2) is 5.93.